The van der Waals surface area contributed by atoms with E-state index in [1.165, 1.54) is 0 Å². The highest BCUT2D eigenvalue weighted by Gasteiger charge is 2.42. The predicted octanol–water partition coefficient (Wildman–Crippen LogP) is -1.59. The van der Waals surface area contributed by atoms with Gasteiger partial charge in [-0.1, -0.05) is 0 Å². The molecule has 0 bridgehead atoms. The molecule has 1 aromatic rings. The Labute approximate surface area is 133 Å². The molecule has 3 atom stereocenters. The average molecular weight is 388 g/mol. The summed E-state index contributed by atoms with van der Waals surface area (Å²) in [7, 11) is -9.78. The summed E-state index contributed by atoms with van der Waals surface area (Å²) >= 11 is 0. The number of nitrogens with one attached hydrogen (secondary N) is 1. The van der Waals surface area contributed by atoms with Crippen LogP contribution in [0.5, 0.6) is 0 Å². The summed E-state index contributed by atoms with van der Waals surface area (Å²) in [5, 5.41) is 0. The van der Waals surface area contributed by atoms with Gasteiger partial charge in [-0.25, -0.2) is 13.9 Å². The maximum atomic E-state index is 11.7. The third-order valence-corrected chi connectivity index (χ3v) is 4.05. The van der Waals surface area contributed by atoms with E-state index in [1.807, 2.05) is 4.98 Å². The molecule has 24 heavy (non-hydrogen) atoms. The lowest BCUT2D eigenvalue weighted by Crippen LogP contribution is -2.31. The molecule has 0 saturated carbocycles. The van der Waals surface area contributed by atoms with Crippen LogP contribution >= 0.6 is 15.6 Å². The minimum atomic E-state index is -4.93. The molecule has 0 amide bonds. The molecule has 1 fully saturated rings. The zero-order valence-corrected chi connectivity index (χ0v) is 13.6. The van der Waals surface area contributed by atoms with E-state index >= 15 is 0 Å². The van der Waals surface area contributed by atoms with Crippen LogP contribution in [0.2, 0.25) is 0 Å². The third kappa shape index (κ3) is 5.45. The maximum absolute atomic E-state index is 11.7. The largest absolute Gasteiger partial charge is 0.469 e. The van der Waals surface area contributed by atoms with Crippen molar-refractivity contribution in [2.24, 2.45) is 0 Å². The number of ether oxygens (including phenoxy) is 1. The monoisotopic (exact) mass is 388 g/mol. The summed E-state index contributed by atoms with van der Waals surface area (Å²) in [5.41, 5.74) is -1.49. The Hall–Kier alpha value is -1.14. The highest BCUT2D eigenvalue weighted by atomic mass is 31.2. The molecule has 5 N–H and O–H groups in total. The van der Waals surface area contributed by atoms with Crippen molar-refractivity contribution in [3.8, 4) is 0 Å². The molecule has 2 heterocycles. The van der Waals surface area contributed by atoms with Crippen LogP contribution in [-0.4, -0.2) is 47.9 Å². The van der Waals surface area contributed by atoms with E-state index in [-0.39, 0.29) is 6.42 Å². The second-order valence-electron chi connectivity index (χ2n) is 4.80. The summed E-state index contributed by atoms with van der Waals surface area (Å²) in [5.74, 6) is 0. The first-order valence-corrected chi connectivity index (χ1v) is 9.42. The molecule has 0 spiro atoms. The molecular weight excluding hydrogens is 374 g/mol. The fraction of sp³-hybridized carbons (Fsp3) is 0.556. The van der Waals surface area contributed by atoms with Gasteiger partial charge in [-0.05, 0) is 0 Å². The van der Waals surface area contributed by atoms with Gasteiger partial charge < -0.3 is 24.3 Å². The summed E-state index contributed by atoms with van der Waals surface area (Å²) in [4.78, 5) is 59.9. The van der Waals surface area contributed by atoms with E-state index in [2.05, 4.69) is 9.05 Å². The van der Waals surface area contributed by atoms with Gasteiger partial charge in [0.25, 0.3) is 5.56 Å². The first-order valence-electron chi connectivity index (χ1n) is 6.35. The standard InChI is InChI=1S/C9H14N2O11P2/c12-7-1-2-11(9(13)10-7)8-3-5(22-24(17,18)19)6(21-8)4-20-23(14,15)16/h1-2,5-6,8H,3-4H2,(H,10,12,13)(H2,14,15,16)(H2,17,18,19)/t5-,6-,8-/m1/s1. The Bertz CT molecular complexity index is 791. The van der Waals surface area contributed by atoms with Crippen LogP contribution < -0.4 is 11.2 Å². The fourth-order valence-corrected chi connectivity index (χ4v) is 3.05. The smallest absolute Gasteiger partial charge is 0.349 e. The van der Waals surface area contributed by atoms with E-state index in [0.29, 0.717) is 0 Å². The van der Waals surface area contributed by atoms with Gasteiger partial charge in [0.2, 0.25) is 0 Å². The number of rotatable bonds is 6. The Kier molecular flexibility index (Phi) is 5.60. The highest BCUT2D eigenvalue weighted by Crippen LogP contribution is 2.44. The average Bonchev–Trinajstić information content (AvgIpc) is 2.76. The van der Waals surface area contributed by atoms with Crippen molar-refractivity contribution in [1.29, 1.82) is 0 Å². The Morgan fingerprint density at radius 2 is 1.92 bits per heavy atom. The summed E-state index contributed by atoms with van der Waals surface area (Å²) < 4.78 is 36.8. The van der Waals surface area contributed by atoms with Crippen LogP contribution in [0.4, 0.5) is 0 Å². The van der Waals surface area contributed by atoms with Gasteiger partial charge in [0.15, 0.2) is 0 Å². The number of aromatic amines is 1. The van der Waals surface area contributed by atoms with Crippen molar-refractivity contribution in [2.45, 2.75) is 24.9 Å². The van der Waals surface area contributed by atoms with Crippen LogP contribution in [0.25, 0.3) is 0 Å². The van der Waals surface area contributed by atoms with Crippen molar-refractivity contribution in [3.05, 3.63) is 33.1 Å². The summed E-state index contributed by atoms with van der Waals surface area (Å²) in [6.07, 6.45) is -2.79. The second-order valence-corrected chi connectivity index (χ2v) is 7.23. The zero-order valence-electron chi connectivity index (χ0n) is 11.8. The number of hydrogen-bond acceptors (Lipinski definition) is 7. The third-order valence-electron chi connectivity index (χ3n) is 3.02. The van der Waals surface area contributed by atoms with Crippen LogP contribution in [0, 0.1) is 0 Å². The van der Waals surface area contributed by atoms with Gasteiger partial charge in [0.05, 0.1) is 6.61 Å². The molecular formula is C9H14N2O11P2. The van der Waals surface area contributed by atoms with Crippen molar-refractivity contribution in [1.82, 2.24) is 9.55 Å². The lowest BCUT2D eigenvalue weighted by molar-refractivity contribution is -0.0444. The minimum Gasteiger partial charge on any atom is -0.349 e. The normalized spacial score (nSPS) is 25.1. The molecule has 13 nitrogen and oxygen atoms in total. The highest BCUT2D eigenvalue weighted by molar-refractivity contribution is 7.46. The predicted molar refractivity (Wildman–Crippen MR) is 74.8 cm³/mol. The van der Waals surface area contributed by atoms with Gasteiger partial charge >= 0.3 is 21.3 Å². The molecule has 1 aromatic heterocycles. The molecule has 1 aliphatic rings. The van der Waals surface area contributed by atoms with E-state index in [9.17, 15) is 18.7 Å². The Morgan fingerprint density at radius 1 is 1.25 bits per heavy atom. The lowest BCUT2D eigenvalue weighted by atomic mass is 10.2. The summed E-state index contributed by atoms with van der Waals surface area (Å²) in [6, 6.07) is 1.03. The number of phosphoric acid groups is 2. The number of hydrogen-bond donors (Lipinski definition) is 5. The second kappa shape index (κ2) is 7.00. The lowest BCUT2D eigenvalue weighted by Gasteiger charge is -2.19. The van der Waals surface area contributed by atoms with E-state index in [1.54, 1.807) is 0 Å². The molecule has 1 saturated heterocycles. The molecule has 0 unspecified atom stereocenters. The van der Waals surface area contributed by atoms with Crippen LogP contribution in [-0.2, 0) is 22.9 Å². The first-order chi connectivity index (χ1) is 10.9. The van der Waals surface area contributed by atoms with E-state index in [0.717, 1.165) is 16.8 Å². The van der Waals surface area contributed by atoms with Crippen molar-refractivity contribution in [2.75, 3.05) is 6.61 Å². The van der Waals surface area contributed by atoms with E-state index < -0.39 is 51.9 Å². The van der Waals surface area contributed by atoms with Gasteiger partial charge in [-0.3, -0.25) is 23.4 Å². The number of H-pyrrole nitrogens is 1. The van der Waals surface area contributed by atoms with Crippen LogP contribution in [0.1, 0.15) is 12.6 Å². The summed E-state index contributed by atoms with van der Waals surface area (Å²) in [6.45, 7) is -0.733. The number of nitrogens with zero attached hydrogens (tertiary/aromatic N) is 1. The molecule has 0 aliphatic carbocycles. The van der Waals surface area contributed by atoms with Gasteiger partial charge in [-0.15, -0.1) is 0 Å². The molecule has 0 aromatic carbocycles. The SMILES string of the molecule is O=c1ccn([C@H]2C[C@@H](OP(=O)(O)O)[C@@H](COP(=O)(O)O)O2)c(=O)[nH]1. The van der Waals surface area contributed by atoms with Gasteiger partial charge in [-0.2, -0.15) is 0 Å². The maximum Gasteiger partial charge on any atom is 0.469 e. The topological polar surface area (TPSA) is 198 Å². The Morgan fingerprint density at radius 3 is 2.46 bits per heavy atom. The molecule has 0 radical (unpaired) electrons. The number of aromatic nitrogens is 2. The van der Waals surface area contributed by atoms with Crippen LogP contribution in [0.3, 0.4) is 0 Å². The van der Waals surface area contributed by atoms with E-state index in [4.69, 9.17) is 24.3 Å². The molecule has 2 rings (SSSR count). The van der Waals surface area contributed by atoms with Crippen molar-refractivity contribution < 1.29 is 42.5 Å². The molecule has 1 aliphatic heterocycles. The first kappa shape index (κ1) is 19.2. The molecule has 15 heteroatoms. The number of phosphoric ester groups is 2. The van der Waals surface area contributed by atoms with Crippen LogP contribution in [0.15, 0.2) is 21.9 Å². The minimum absolute atomic E-state index is 0.230. The Balaban J connectivity index is 2.21. The van der Waals surface area contributed by atoms with Gasteiger partial charge in [0.1, 0.15) is 18.4 Å². The van der Waals surface area contributed by atoms with Crippen molar-refractivity contribution in [3.63, 3.8) is 0 Å². The fourth-order valence-electron chi connectivity index (χ4n) is 2.13. The molecule has 136 valence electrons. The van der Waals surface area contributed by atoms with Crippen molar-refractivity contribution >= 4 is 15.6 Å². The van der Waals surface area contributed by atoms with Gasteiger partial charge in [0, 0.05) is 18.7 Å². The zero-order chi connectivity index (χ0) is 18.1. The quantitative estimate of drug-likeness (QED) is 0.352.